The predicted octanol–water partition coefficient (Wildman–Crippen LogP) is -4.63. The summed E-state index contributed by atoms with van der Waals surface area (Å²) in [5.41, 5.74) is 0. The summed E-state index contributed by atoms with van der Waals surface area (Å²) in [4.78, 5) is 52.4. The van der Waals surface area contributed by atoms with Crippen molar-refractivity contribution in [2.24, 2.45) is 0 Å². The molecule has 0 aromatic carbocycles. The van der Waals surface area contributed by atoms with Gasteiger partial charge in [0, 0.05) is 56.6 Å². The van der Waals surface area contributed by atoms with Crippen LogP contribution in [-0.2, 0) is 27.3 Å². The Bertz CT molecular complexity index is 587. The van der Waals surface area contributed by atoms with E-state index < -0.39 is 60.1 Å². The topological polar surface area (TPSA) is 261 Å². The number of aliphatic hydroxyl groups excluding tert-OH is 3. The van der Waals surface area contributed by atoms with Crippen molar-refractivity contribution in [1.29, 1.82) is 0 Å². The molecule has 27 heavy (non-hydrogen) atoms. The molecule has 1 aliphatic carbocycles. The van der Waals surface area contributed by atoms with Gasteiger partial charge in [-0.2, -0.15) is 0 Å². The number of hydrogen-bond donors (Lipinski definition) is 9. The normalized spacial score (nSPS) is 31.9. The van der Waals surface area contributed by atoms with Gasteiger partial charge in [0.1, 0.15) is 36.6 Å². The smallest absolute Gasteiger partial charge is 0.387 e. The minimum absolute atomic E-state index is 0. The van der Waals surface area contributed by atoms with E-state index in [0.29, 0.717) is 0 Å². The number of phosphoric ester groups is 3. The maximum absolute atomic E-state index is 10.9. The molecule has 6 atom stereocenters. The number of phosphoric acid groups is 3. The summed E-state index contributed by atoms with van der Waals surface area (Å²) in [5, 5.41) is 29.3. The van der Waals surface area contributed by atoms with E-state index in [9.17, 15) is 29.0 Å². The Labute approximate surface area is 188 Å². The van der Waals surface area contributed by atoms with Crippen LogP contribution in [0.1, 0.15) is 0 Å². The van der Waals surface area contributed by atoms with E-state index in [1.807, 2.05) is 0 Å². The van der Waals surface area contributed by atoms with Gasteiger partial charge in [-0.25, -0.2) is 13.7 Å². The van der Waals surface area contributed by atoms with Crippen molar-refractivity contribution in [3.8, 4) is 0 Å². The van der Waals surface area contributed by atoms with Crippen molar-refractivity contribution >= 4 is 80.0 Å². The van der Waals surface area contributed by atoms with Crippen molar-refractivity contribution in [3.63, 3.8) is 0 Å². The Hall–Kier alpha value is 2.00. The molecule has 0 spiro atoms. The molecule has 0 saturated heterocycles. The first kappa shape index (κ1) is 33.6. The Balaban J connectivity index is -0.00000192. The predicted molar refractivity (Wildman–Crippen MR) is 86.0 cm³/mol. The maximum atomic E-state index is 10.9. The van der Waals surface area contributed by atoms with Gasteiger partial charge in [0.05, 0.1) is 0 Å². The van der Waals surface area contributed by atoms with Crippen LogP contribution in [0.2, 0.25) is 0 Å². The van der Waals surface area contributed by atoms with Crippen molar-refractivity contribution in [2.45, 2.75) is 36.6 Å². The van der Waals surface area contributed by atoms with E-state index in [1.165, 1.54) is 0 Å². The van der Waals surface area contributed by atoms with Crippen LogP contribution >= 0.6 is 23.5 Å². The first-order valence-corrected chi connectivity index (χ1v) is 10.4. The molecule has 0 heterocycles. The van der Waals surface area contributed by atoms with Crippen molar-refractivity contribution in [2.75, 3.05) is 0 Å². The van der Waals surface area contributed by atoms with Crippen LogP contribution in [0.25, 0.3) is 0 Å². The molecular formula is C6H15Li3O15P3. The first-order valence-electron chi connectivity index (χ1n) is 5.78. The fourth-order valence-electron chi connectivity index (χ4n) is 2.01. The molecule has 0 aromatic heterocycles. The summed E-state index contributed by atoms with van der Waals surface area (Å²) in [6.07, 6.45) is -14.3. The Morgan fingerprint density at radius 3 is 1.00 bits per heavy atom. The van der Waals surface area contributed by atoms with E-state index in [-0.39, 0.29) is 56.6 Å². The average Bonchev–Trinajstić information content (AvgIpc) is 2.32. The van der Waals surface area contributed by atoms with Crippen LogP contribution in [0.3, 0.4) is 0 Å². The minimum atomic E-state index is -5.43. The third kappa shape index (κ3) is 11.3. The van der Waals surface area contributed by atoms with Crippen LogP contribution in [0, 0.1) is 0 Å². The van der Waals surface area contributed by atoms with Gasteiger partial charge >= 0.3 is 23.5 Å². The third-order valence-corrected chi connectivity index (χ3v) is 4.35. The third-order valence-electron chi connectivity index (χ3n) is 2.80. The standard InChI is InChI=1S/C6H15O15P3.3Li/c7-1-2(8)5(20-23(13,14)15)6(21-24(16,17)18)3(9)4(1)19-22(10,11)12;;;/h1-9H,(H2,10,11,12)(H2,13,14,15)(H2,16,17,18);;;/t1-,2+,3+,4-,5-,6-;;;/m1.../s1. The zero-order valence-electron chi connectivity index (χ0n) is 14.3. The molecule has 1 saturated carbocycles. The Kier molecular flexibility index (Phi) is 15.1. The zero-order valence-corrected chi connectivity index (χ0v) is 17.0. The molecule has 0 aliphatic heterocycles. The molecule has 9 N–H and O–H groups in total. The number of aliphatic hydroxyl groups is 3. The molecule has 1 aliphatic rings. The van der Waals surface area contributed by atoms with Crippen molar-refractivity contribution in [3.05, 3.63) is 0 Å². The molecule has 0 unspecified atom stereocenters. The van der Waals surface area contributed by atoms with Gasteiger partial charge in [-0.3, -0.25) is 13.6 Å². The van der Waals surface area contributed by atoms with Gasteiger partial charge in [-0.1, -0.05) is 0 Å². The van der Waals surface area contributed by atoms with Gasteiger partial charge in [-0.05, 0) is 0 Å². The summed E-state index contributed by atoms with van der Waals surface area (Å²) < 4.78 is 44.7. The summed E-state index contributed by atoms with van der Waals surface area (Å²) in [6, 6.07) is 0. The summed E-state index contributed by atoms with van der Waals surface area (Å²) in [7, 11) is -16.2. The molecule has 1 rings (SSSR count). The quantitative estimate of drug-likeness (QED) is 0.139. The fraction of sp³-hybridized carbons (Fsp3) is 1.00. The summed E-state index contributed by atoms with van der Waals surface area (Å²) >= 11 is 0. The molecule has 3 radical (unpaired) electrons. The number of hydrogen-bond acceptors (Lipinski definition) is 9. The van der Waals surface area contributed by atoms with Gasteiger partial charge in [0.15, 0.2) is 0 Å². The Morgan fingerprint density at radius 2 is 0.704 bits per heavy atom. The summed E-state index contributed by atoms with van der Waals surface area (Å²) in [6.45, 7) is 0. The van der Waals surface area contributed by atoms with Gasteiger partial charge in [0.2, 0.25) is 0 Å². The monoisotopic (exact) mass is 441 g/mol. The van der Waals surface area contributed by atoms with Gasteiger partial charge in [0.25, 0.3) is 0 Å². The van der Waals surface area contributed by atoms with E-state index >= 15 is 0 Å². The minimum Gasteiger partial charge on any atom is -0.387 e. The molecule has 0 amide bonds. The fourth-order valence-corrected chi connectivity index (χ4v) is 3.70. The van der Waals surface area contributed by atoms with Crippen molar-refractivity contribution < 1.29 is 71.9 Å². The van der Waals surface area contributed by atoms with E-state index in [2.05, 4.69) is 13.6 Å². The second-order valence-electron chi connectivity index (χ2n) is 4.65. The van der Waals surface area contributed by atoms with E-state index in [4.69, 9.17) is 29.4 Å². The zero-order chi connectivity index (χ0) is 19.1. The van der Waals surface area contributed by atoms with Crippen LogP contribution in [-0.4, -0.2) is 138 Å². The van der Waals surface area contributed by atoms with E-state index in [0.717, 1.165) is 0 Å². The molecular weight excluding hydrogens is 426 g/mol. The van der Waals surface area contributed by atoms with E-state index in [1.54, 1.807) is 0 Å². The first-order chi connectivity index (χ1) is 10.5. The molecule has 15 nitrogen and oxygen atoms in total. The van der Waals surface area contributed by atoms with Gasteiger partial charge in [-0.15, -0.1) is 0 Å². The Morgan fingerprint density at radius 1 is 0.481 bits per heavy atom. The van der Waals surface area contributed by atoms with Crippen LogP contribution in [0.15, 0.2) is 0 Å². The van der Waals surface area contributed by atoms with Crippen LogP contribution in [0.5, 0.6) is 0 Å². The van der Waals surface area contributed by atoms with Crippen molar-refractivity contribution in [1.82, 2.24) is 0 Å². The molecule has 0 bridgehead atoms. The second-order valence-corrected chi connectivity index (χ2v) is 8.23. The van der Waals surface area contributed by atoms with Crippen LogP contribution in [0.4, 0.5) is 0 Å². The number of rotatable bonds is 6. The average molecular weight is 441 g/mol. The second kappa shape index (κ2) is 12.1. The molecule has 0 aromatic rings. The molecule has 147 valence electrons. The largest absolute Gasteiger partial charge is 0.470 e. The van der Waals surface area contributed by atoms with Crippen LogP contribution < -0.4 is 0 Å². The maximum Gasteiger partial charge on any atom is 0.470 e. The molecule has 21 heteroatoms. The van der Waals surface area contributed by atoms with Gasteiger partial charge < -0.3 is 44.7 Å². The summed E-state index contributed by atoms with van der Waals surface area (Å²) in [5.74, 6) is 0. The molecule has 1 fully saturated rings. The SMILES string of the molecule is O=P(O)(O)O[C@@H]1[C@H](O)[C@H](O)[C@@H](OP(=O)(O)O)[C@H](OP(=O)(O)O)[C@H]1O.[Li].[Li].[Li].